The zero-order valence-electron chi connectivity index (χ0n) is 6.32. The summed E-state index contributed by atoms with van der Waals surface area (Å²) in [5, 5.41) is 15.3. The minimum Gasteiger partial charge on any atom is -0.390 e. The summed E-state index contributed by atoms with van der Waals surface area (Å²) in [5.41, 5.74) is 0. The third kappa shape index (κ3) is 213. The Hall–Kier alpha value is 0.570. The Bertz CT molecular complexity index is 140. The first-order valence-corrected chi connectivity index (χ1v) is 6.19. The molecule has 11 heteroatoms. The van der Waals surface area contributed by atoms with Crippen LogP contribution in [-0.2, 0) is 10.4 Å². The normalized spacial score (nSPS) is 10.9. The van der Waals surface area contributed by atoms with Gasteiger partial charge in [0.25, 0.3) is 0 Å². The van der Waals surface area contributed by atoms with Crippen molar-refractivity contribution in [3.05, 3.63) is 0 Å². The van der Waals surface area contributed by atoms with Crippen molar-refractivity contribution in [1.82, 2.24) is 0 Å². The Balaban J connectivity index is -0.000000117. The highest BCUT2D eigenvalue weighted by molar-refractivity contribution is 7.79. The maximum absolute atomic E-state index is 8.74. The zero-order chi connectivity index (χ0) is 11.3. The molecule has 6 N–H and O–H groups in total. The third-order valence-corrected chi connectivity index (χ3v) is 0.424. The molecule has 0 aliphatic heterocycles. The van der Waals surface area contributed by atoms with Gasteiger partial charge in [-0.1, -0.05) is 0 Å². The standard InChI is InChI=1S/2CH5O2P.H2O4S/c2*2-1-4-3;1-5(2,3)4/h2*2-4H,1H2;(H2,1,2,3,4). The summed E-state index contributed by atoms with van der Waals surface area (Å²) in [6.45, 7) is 0. The molecular formula is C2H12O8P2S. The summed E-state index contributed by atoms with van der Waals surface area (Å²) in [7, 11) is -5.27. The monoisotopic (exact) mass is 258 g/mol. The van der Waals surface area contributed by atoms with Crippen LogP contribution < -0.4 is 0 Å². The first kappa shape index (κ1) is 19.2. The van der Waals surface area contributed by atoms with E-state index in [0.717, 1.165) is 0 Å². The number of aliphatic hydroxyl groups excluding tert-OH is 2. The second-order valence-corrected chi connectivity index (χ2v) is 3.24. The lowest BCUT2D eigenvalue weighted by atomic mass is 11.7. The highest BCUT2D eigenvalue weighted by atomic mass is 32.3. The van der Waals surface area contributed by atoms with Crippen LogP contribution in [0.3, 0.4) is 0 Å². The predicted octanol–water partition coefficient (Wildman–Crippen LogP) is -1.61. The maximum Gasteiger partial charge on any atom is 0.394 e. The molecule has 0 saturated carbocycles. The molecule has 0 aliphatic rings. The molecule has 0 aromatic rings. The first-order valence-electron chi connectivity index (χ1n) is 2.49. The van der Waals surface area contributed by atoms with E-state index in [2.05, 4.69) is 0 Å². The highest BCUT2D eigenvalue weighted by Gasteiger charge is 1.84. The van der Waals surface area contributed by atoms with Gasteiger partial charge in [-0.05, 0) is 0 Å². The van der Waals surface area contributed by atoms with E-state index in [9.17, 15) is 0 Å². The number of aliphatic hydroxyl groups is 2. The van der Waals surface area contributed by atoms with Crippen molar-refractivity contribution < 1.29 is 37.5 Å². The van der Waals surface area contributed by atoms with E-state index in [1.165, 1.54) is 0 Å². The van der Waals surface area contributed by atoms with Gasteiger partial charge in [0.15, 0.2) is 0 Å². The van der Waals surface area contributed by atoms with E-state index in [0.29, 0.717) is 0 Å². The molecule has 0 saturated heterocycles. The van der Waals surface area contributed by atoms with Crippen LogP contribution in [0.4, 0.5) is 0 Å². The highest BCUT2D eigenvalue weighted by Crippen LogP contribution is 1.92. The minimum absolute atomic E-state index is 0.0972. The van der Waals surface area contributed by atoms with Gasteiger partial charge in [0, 0.05) is 17.6 Å². The van der Waals surface area contributed by atoms with E-state index in [1.807, 2.05) is 0 Å². The van der Waals surface area contributed by atoms with Gasteiger partial charge in [0.2, 0.25) is 0 Å². The quantitative estimate of drug-likeness (QED) is 0.255. The molecular weight excluding hydrogens is 246 g/mol. The van der Waals surface area contributed by atoms with Crippen LogP contribution in [0.2, 0.25) is 0 Å². The van der Waals surface area contributed by atoms with Crippen molar-refractivity contribution in [2.45, 2.75) is 0 Å². The average Bonchev–Trinajstić information content (AvgIpc) is 2.01. The fraction of sp³-hybridized carbons (Fsp3) is 1.00. The second kappa shape index (κ2) is 15.1. The van der Waals surface area contributed by atoms with E-state index >= 15 is 0 Å². The van der Waals surface area contributed by atoms with Crippen molar-refractivity contribution in [1.29, 1.82) is 0 Å². The molecule has 13 heavy (non-hydrogen) atoms. The van der Waals surface area contributed by atoms with Gasteiger partial charge in [-0.15, -0.1) is 0 Å². The minimum atomic E-state index is -4.67. The summed E-state index contributed by atoms with van der Waals surface area (Å²) >= 11 is 0. The molecule has 0 spiro atoms. The zero-order valence-corrected chi connectivity index (χ0v) is 9.14. The largest absolute Gasteiger partial charge is 0.394 e. The Kier molecular flexibility index (Phi) is 22.2. The van der Waals surface area contributed by atoms with Gasteiger partial charge in [-0.3, -0.25) is 9.11 Å². The van der Waals surface area contributed by atoms with Crippen molar-refractivity contribution in [3.8, 4) is 0 Å². The predicted molar refractivity (Wildman–Crippen MR) is 49.4 cm³/mol. The molecule has 0 rings (SSSR count). The van der Waals surface area contributed by atoms with Gasteiger partial charge in [0.05, 0.1) is 12.7 Å². The summed E-state index contributed by atoms with van der Waals surface area (Å²) in [5.74, 6) is 0. The Labute approximate surface area is 78.9 Å². The van der Waals surface area contributed by atoms with Crippen LogP contribution in [0.25, 0.3) is 0 Å². The van der Waals surface area contributed by atoms with Crippen molar-refractivity contribution in [2.24, 2.45) is 0 Å². The molecule has 8 nitrogen and oxygen atoms in total. The van der Waals surface area contributed by atoms with Crippen LogP contribution in [0.1, 0.15) is 0 Å². The lowest BCUT2D eigenvalue weighted by Gasteiger charge is -1.70. The van der Waals surface area contributed by atoms with Gasteiger partial charge >= 0.3 is 10.4 Å². The van der Waals surface area contributed by atoms with E-state index in [1.54, 1.807) is 0 Å². The Morgan fingerprint density at radius 2 is 1.00 bits per heavy atom. The lowest BCUT2D eigenvalue weighted by molar-refractivity contribution is 0.361. The molecule has 0 fully saturated rings. The van der Waals surface area contributed by atoms with Crippen LogP contribution in [0, 0.1) is 0 Å². The van der Waals surface area contributed by atoms with Gasteiger partial charge < -0.3 is 20.0 Å². The van der Waals surface area contributed by atoms with Gasteiger partial charge in [-0.2, -0.15) is 8.42 Å². The smallest absolute Gasteiger partial charge is 0.390 e. The van der Waals surface area contributed by atoms with Crippen molar-refractivity contribution in [2.75, 3.05) is 12.7 Å². The molecule has 0 radical (unpaired) electrons. The lowest BCUT2D eigenvalue weighted by Crippen LogP contribution is -1.89. The van der Waals surface area contributed by atoms with Crippen LogP contribution >= 0.6 is 17.6 Å². The number of hydrogen-bond acceptors (Lipinski definition) is 6. The summed E-state index contributed by atoms with van der Waals surface area (Å²) in [6, 6.07) is 0. The number of rotatable bonds is 2. The fourth-order valence-electron chi connectivity index (χ4n) is 0. The molecule has 0 heterocycles. The molecule has 0 bridgehead atoms. The summed E-state index contributed by atoms with van der Waals surface area (Å²) < 4.78 is 31.6. The topological polar surface area (TPSA) is 156 Å². The van der Waals surface area contributed by atoms with Crippen LogP contribution in [-0.4, -0.2) is 50.2 Å². The van der Waals surface area contributed by atoms with E-state index in [-0.39, 0.29) is 30.3 Å². The SMILES string of the molecule is O=S(=O)(O)O.OCPO.OCPO. The number of hydrogen-bond donors (Lipinski definition) is 6. The molecule has 0 aliphatic carbocycles. The third-order valence-electron chi connectivity index (χ3n) is 0.141. The average molecular weight is 258 g/mol. The molecule has 0 aromatic carbocycles. The van der Waals surface area contributed by atoms with Crippen molar-refractivity contribution in [3.63, 3.8) is 0 Å². The van der Waals surface area contributed by atoms with Crippen LogP contribution in [0.5, 0.6) is 0 Å². The molecule has 84 valence electrons. The molecule has 0 amide bonds. The van der Waals surface area contributed by atoms with Crippen molar-refractivity contribution >= 4 is 28.0 Å². The first-order chi connectivity index (χ1) is 5.83. The van der Waals surface area contributed by atoms with Gasteiger partial charge in [0.1, 0.15) is 0 Å². The second-order valence-electron chi connectivity index (χ2n) is 1.08. The summed E-state index contributed by atoms with van der Waals surface area (Å²) in [6.07, 6.45) is -0.194. The van der Waals surface area contributed by atoms with Crippen LogP contribution in [0.15, 0.2) is 0 Å². The summed E-state index contributed by atoms with van der Waals surface area (Å²) in [4.78, 5) is 15.3. The molecule has 0 aromatic heterocycles. The van der Waals surface area contributed by atoms with Gasteiger partial charge in [-0.25, -0.2) is 0 Å². The van der Waals surface area contributed by atoms with E-state index in [4.69, 9.17) is 37.5 Å². The Morgan fingerprint density at radius 1 is 0.923 bits per heavy atom. The van der Waals surface area contributed by atoms with E-state index < -0.39 is 10.4 Å². The maximum atomic E-state index is 8.74. The Morgan fingerprint density at radius 3 is 1.00 bits per heavy atom. The molecule has 2 unspecified atom stereocenters. The fourth-order valence-corrected chi connectivity index (χ4v) is 0. The molecule has 2 atom stereocenters.